The number of hydrogen-bond donors (Lipinski definition) is 2. The van der Waals surface area contributed by atoms with Gasteiger partial charge >= 0.3 is 0 Å². The average Bonchev–Trinajstić information content (AvgIpc) is 3.36. The van der Waals surface area contributed by atoms with Crippen LogP contribution >= 0.6 is 0 Å². The van der Waals surface area contributed by atoms with Gasteiger partial charge in [-0.3, -0.25) is 0 Å². The number of aromatic amines is 1. The zero-order valence-corrected chi connectivity index (χ0v) is 16.0. The Morgan fingerprint density at radius 3 is 2.72 bits per heavy atom. The number of hydrogen-bond acceptors (Lipinski definition) is 3. The molecule has 29 heavy (non-hydrogen) atoms. The highest BCUT2D eigenvalue weighted by molar-refractivity contribution is 6.02. The zero-order chi connectivity index (χ0) is 19.4. The predicted molar refractivity (Wildman–Crippen MR) is 117 cm³/mol. The van der Waals surface area contributed by atoms with E-state index in [2.05, 4.69) is 74.2 Å². The summed E-state index contributed by atoms with van der Waals surface area (Å²) in [5.74, 6) is 0.526. The molecule has 5 aromatic rings. The number of H-pyrrole nitrogens is 1. The van der Waals surface area contributed by atoms with E-state index < -0.39 is 0 Å². The van der Waals surface area contributed by atoms with Gasteiger partial charge in [0.15, 0.2) is 0 Å². The first-order valence-electron chi connectivity index (χ1n) is 10.0. The number of fused-ring (bicyclic) bond motifs is 3. The van der Waals surface area contributed by atoms with Gasteiger partial charge in [-0.1, -0.05) is 42.5 Å². The van der Waals surface area contributed by atoms with Crippen molar-refractivity contribution in [2.45, 2.75) is 25.3 Å². The molecule has 5 nitrogen and oxygen atoms in total. The highest BCUT2D eigenvalue weighted by Crippen LogP contribution is 2.38. The fourth-order valence-corrected chi connectivity index (χ4v) is 4.73. The number of aryl methyl sites for hydroxylation is 1. The Morgan fingerprint density at radius 1 is 1.00 bits per heavy atom. The second-order valence-electron chi connectivity index (χ2n) is 7.84. The minimum atomic E-state index is 0.361. The maximum Gasteiger partial charge on any atom is 0.146 e. The van der Waals surface area contributed by atoms with Gasteiger partial charge in [-0.15, -0.1) is 0 Å². The van der Waals surface area contributed by atoms with Crippen molar-refractivity contribution >= 4 is 27.8 Å². The molecule has 142 valence electrons. The number of nitrogens with one attached hydrogen (secondary N) is 1. The number of nitrogen functional groups attached to an aromatic ring is 1. The summed E-state index contributed by atoms with van der Waals surface area (Å²) in [6.45, 7) is 0. The minimum absolute atomic E-state index is 0.361. The molecular weight excluding hydrogens is 358 g/mol. The van der Waals surface area contributed by atoms with E-state index in [1.165, 1.54) is 16.5 Å². The van der Waals surface area contributed by atoms with Crippen molar-refractivity contribution < 1.29 is 0 Å². The largest absolute Gasteiger partial charge is 0.383 e. The van der Waals surface area contributed by atoms with Crippen LogP contribution in [0.3, 0.4) is 0 Å². The third kappa shape index (κ3) is 2.54. The molecule has 0 radical (unpaired) electrons. The molecule has 1 aliphatic carbocycles. The van der Waals surface area contributed by atoms with Crippen molar-refractivity contribution in [1.29, 1.82) is 0 Å². The molecule has 0 amide bonds. The number of anilines is 1. The Balaban J connectivity index is 1.53. The van der Waals surface area contributed by atoms with E-state index in [4.69, 9.17) is 5.73 Å². The molecule has 5 heteroatoms. The van der Waals surface area contributed by atoms with Gasteiger partial charge in [-0.25, -0.2) is 9.97 Å². The second-order valence-corrected chi connectivity index (χ2v) is 7.84. The standard InChI is InChI=1S/C24H21N5/c25-23-22-19(21-12-17-7-3-4-8-20(17)28-21)13-29(24(22)27-14-26-23)18-10-9-15-5-1-2-6-16(15)11-18/h1-8,12-14,18,28H,9-11H2,(H2,25,26,27). The van der Waals surface area contributed by atoms with Gasteiger partial charge in [0.2, 0.25) is 0 Å². The summed E-state index contributed by atoms with van der Waals surface area (Å²) in [5.41, 5.74) is 13.4. The lowest BCUT2D eigenvalue weighted by Crippen LogP contribution is -2.18. The van der Waals surface area contributed by atoms with Crippen molar-refractivity contribution in [3.05, 3.63) is 78.2 Å². The minimum Gasteiger partial charge on any atom is -0.383 e. The first kappa shape index (κ1) is 16.4. The number of para-hydroxylation sites is 1. The lowest BCUT2D eigenvalue weighted by Gasteiger charge is -2.26. The van der Waals surface area contributed by atoms with Crippen molar-refractivity contribution in [2.75, 3.05) is 5.73 Å². The molecule has 3 heterocycles. The van der Waals surface area contributed by atoms with E-state index in [-0.39, 0.29) is 0 Å². The van der Waals surface area contributed by atoms with E-state index in [0.29, 0.717) is 11.9 Å². The van der Waals surface area contributed by atoms with E-state index in [1.54, 1.807) is 6.33 Å². The normalized spacial score (nSPS) is 16.3. The maximum atomic E-state index is 6.33. The molecule has 0 aliphatic heterocycles. The van der Waals surface area contributed by atoms with Gasteiger partial charge in [0.25, 0.3) is 0 Å². The van der Waals surface area contributed by atoms with Crippen LogP contribution in [0.1, 0.15) is 23.6 Å². The zero-order valence-electron chi connectivity index (χ0n) is 16.0. The highest BCUT2D eigenvalue weighted by Gasteiger charge is 2.24. The molecule has 0 bridgehead atoms. The molecule has 1 aliphatic rings. The van der Waals surface area contributed by atoms with Gasteiger partial charge in [-0.2, -0.15) is 0 Å². The monoisotopic (exact) mass is 379 g/mol. The quantitative estimate of drug-likeness (QED) is 0.459. The molecule has 1 atom stereocenters. The topological polar surface area (TPSA) is 72.5 Å². The van der Waals surface area contributed by atoms with Gasteiger partial charge in [0.1, 0.15) is 17.8 Å². The summed E-state index contributed by atoms with van der Waals surface area (Å²) in [4.78, 5) is 12.5. The number of nitrogens with two attached hydrogens (primary N) is 1. The Hall–Kier alpha value is -3.60. The first-order chi connectivity index (χ1) is 14.3. The Bertz CT molecular complexity index is 1330. The Kier molecular flexibility index (Phi) is 3.50. The van der Waals surface area contributed by atoms with Crippen LogP contribution in [0.2, 0.25) is 0 Å². The molecule has 3 aromatic heterocycles. The molecule has 1 unspecified atom stereocenters. The van der Waals surface area contributed by atoms with Crippen molar-refractivity contribution in [3.8, 4) is 11.3 Å². The van der Waals surface area contributed by atoms with E-state index in [0.717, 1.165) is 47.1 Å². The van der Waals surface area contributed by atoms with Gasteiger partial charge in [0, 0.05) is 34.4 Å². The molecular formula is C24H21N5. The molecule has 0 spiro atoms. The summed E-state index contributed by atoms with van der Waals surface area (Å²) in [6, 6.07) is 19.6. The van der Waals surface area contributed by atoms with Crippen molar-refractivity contribution in [1.82, 2.24) is 19.5 Å². The van der Waals surface area contributed by atoms with Crippen LogP contribution in [-0.4, -0.2) is 19.5 Å². The van der Waals surface area contributed by atoms with Crippen LogP contribution < -0.4 is 5.73 Å². The van der Waals surface area contributed by atoms with Crippen LogP contribution in [0.5, 0.6) is 0 Å². The van der Waals surface area contributed by atoms with Crippen molar-refractivity contribution in [3.63, 3.8) is 0 Å². The summed E-state index contributed by atoms with van der Waals surface area (Å²) < 4.78 is 2.31. The lowest BCUT2D eigenvalue weighted by atomic mass is 9.88. The van der Waals surface area contributed by atoms with E-state index in [1.807, 2.05) is 6.07 Å². The number of rotatable bonds is 2. The summed E-state index contributed by atoms with van der Waals surface area (Å²) in [7, 11) is 0. The fourth-order valence-electron chi connectivity index (χ4n) is 4.73. The van der Waals surface area contributed by atoms with Crippen LogP contribution in [0.15, 0.2) is 67.1 Å². The first-order valence-corrected chi connectivity index (χ1v) is 10.0. The SMILES string of the molecule is Nc1ncnc2c1c(-c1cc3ccccc3[nH]1)cn2C1CCc2ccccc2C1. The van der Waals surface area contributed by atoms with E-state index in [9.17, 15) is 0 Å². The van der Waals surface area contributed by atoms with Gasteiger partial charge in [0.05, 0.1) is 5.39 Å². The molecule has 6 rings (SSSR count). The fraction of sp³-hybridized carbons (Fsp3) is 0.167. The molecule has 2 aromatic carbocycles. The van der Waals surface area contributed by atoms with E-state index >= 15 is 0 Å². The molecule has 3 N–H and O–H groups in total. The third-order valence-corrected chi connectivity index (χ3v) is 6.17. The third-order valence-electron chi connectivity index (χ3n) is 6.17. The predicted octanol–water partition coefficient (Wildman–Crippen LogP) is 4.89. The van der Waals surface area contributed by atoms with Gasteiger partial charge < -0.3 is 15.3 Å². The summed E-state index contributed by atoms with van der Waals surface area (Å²) >= 11 is 0. The molecule has 0 saturated carbocycles. The van der Waals surface area contributed by atoms with Crippen molar-refractivity contribution in [2.24, 2.45) is 0 Å². The maximum absolute atomic E-state index is 6.33. The lowest BCUT2D eigenvalue weighted by molar-refractivity contribution is 0.452. The Morgan fingerprint density at radius 2 is 1.83 bits per heavy atom. The molecule has 0 fully saturated rings. The van der Waals surface area contributed by atoms with Crippen LogP contribution in [-0.2, 0) is 12.8 Å². The van der Waals surface area contributed by atoms with Crippen LogP contribution in [0.4, 0.5) is 5.82 Å². The summed E-state index contributed by atoms with van der Waals surface area (Å²) in [5, 5.41) is 2.11. The number of aromatic nitrogens is 4. The summed E-state index contributed by atoms with van der Waals surface area (Å²) in [6.07, 6.45) is 6.97. The van der Waals surface area contributed by atoms with Crippen LogP contribution in [0.25, 0.3) is 33.2 Å². The van der Waals surface area contributed by atoms with Crippen LogP contribution in [0, 0.1) is 0 Å². The second kappa shape index (κ2) is 6.21. The smallest absolute Gasteiger partial charge is 0.146 e. The van der Waals surface area contributed by atoms with Gasteiger partial charge in [-0.05, 0) is 42.5 Å². The number of nitrogens with zero attached hydrogens (tertiary/aromatic N) is 3. The number of benzene rings is 2. The average molecular weight is 379 g/mol. The highest BCUT2D eigenvalue weighted by atomic mass is 15.1. The Labute approximate surface area is 168 Å². The molecule has 0 saturated heterocycles.